The first-order chi connectivity index (χ1) is 17.1. The summed E-state index contributed by atoms with van der Waals surface area (Å²) in [4.78, 5) is 28.4. The van der Waals surface area contributed by atoms with Gasteiger partial charge < -0.3 is 15.0 Å². The quantitative estimate of drug-likeness (QED) is 0.493. The number of amides is 2. The van der Waals surface area contributed by atoms with E-state index in [1.807, 2.05) is 31.2 Å². The Morgan fingerprint density at radius 2 is 1.72 bits per heavy atom. The zero-order chi connectivity index (χ0) is 26.3. The van der Waals surface area contributed by atoms with E-state index in [0.717, 1.165) is 47.4 Å². The lowest BCUT2D eigenvalue weighted by Crippen LogP contribution is -2.52. The van der Waals surface area contributed by atoms with Gasteiger partial charge in [-0.3, -0.25) is 13.9 Å². The van der Waals surface area contributed by atoms with Crippen LogP contribution >= 0.6 is 0 Å². The van der Waals surface area contributed by atoms with E-state index < -0.39 is 28.5 Å². The second kappa shape index (κ2) is 12.3. The number of carbonyl (C=O) groups is 2. The Kier molecular flexibility index (Phi) is 9.37. The van der Waals surface area contributed by atoms with Crippen molar-refractivity contribution in [3.05, 3.63) is 59.7 Å². The first kappa shape index (κ1) is 27.5. The molecule has 1 N–H and O–H groups in total. The molecule has 1 fully saturated rings. The number of rotatable bonds is 11. The van der Waals surface area contributed by atoms with Crippen LogP contribution < -0.4 is 14.4 Å². The zero-order valence-electron chi connectivity index (χ0n) is 21.6. The van der Waals surface area contributed by atoms with Gasteiger partial charge in [0.05, 0.1) is 18.6 Å². The Morgan fingerprint density at radius 3 is 2.36 bits per heavy atom. The molecule has 2 aromatic rings. The first-order valence-corrected chi connectivity index (χ1v) is 14.3. The molecule has 36 heavy (non-hydrogen) atoms. The number of para-hydroxylation sites is 2. The van der Waals surface area contributed by atoms with Gasteiger partial charge in [0, 0.05) is 12.6 Å². The Balaban J connectivity index is 1.92. The van der Waals surface area contributed by atoms with Crippen molar-refractivity contribution in [1.29, 1.82) is 0 Å². The molecule has 3 rings (SSSR count). The molecule has 0 unspecified atom stereocenters. The number of nitrogens with zero attached hydrogens (tertiary/aromatic N) is 2. The minimum absolute atomic E-state index is 0.112. The van der Waals surface area contributed by atoms with Crippen molar-refractivity contribution >= 4 is 27.5 Å². The van der Waals surface area contributed by atoms with E-state index in [4.69, 9.17) is 4.74 Å². The summed E-state index contributed by atoms with van der Waals surface area (Å²) in [7, 11) is -3.83. The van der Waals surface area contributed by atoms with Gasteiger partial charge in [-0.15, -0.1) is 0 Å². The van der Waals surface area contributed by atoms with E-state index in [9.17, 15) is 18.0 Å². The predicted octanol–water partition coefficient (Wildman–Crippen LogP) is 3.64. The maximum absolute atomic E-state index is 13.7. The Hall–Kier alpha value is -3.07. The lowest BCUT2D eigenvalue weighted by molar-refractivity contribution is -0.139. The molecule has 0 bridgehead atoms. The molecule has 1 atom stereocenters. The largest absolute Gasteiger partial charge is 0.492 e. The number of benzene rings is 2. The van der Waals surface area contributed by atoms with Crippen molar-refractivity contribution in [2.45, 2.75) is 65.1 Å². The van der Waals surface area contributed by atoms with Crippen molar-refractivity contribution < 1.29 is 22.7 Å². The van der Waals surface area contributed by atoms with Crippen LogP contribution in [0.1, 0.15) is 50.7 Å². The summed E-state index contributed by atoms with van der Waals surface area (Å²) in [5.41, 5.74) is 2.17. The number of hydrogen-bond donors (Lipinski definition) is 1. The van der Waals surface area contributed by atoms with E-state index >= 15 is 0 Å². The lowest BCUT2D eigenvalue weighted by atomic mass is 10.1. The summed E-state index contributed by atoms with van der Waals surface area (Å²) in [5.74, 6) is -0.329. The third kappa shape index (κ3) is 7.00. The number of nitrogens with one attached hydrogen (secondary N) is 1. The van der Waals surface area contributed by atoms with Crippen LogP contribution in [0.15, 0.2) is 48.5 Å². The zero-order valence-corrected chi connectivity index (χ0v) is 22.4. The van der Waals surface area contributed by atoms with Crippen LogP contribution in [0.3, 0.4) is 0 Å². The number of hydrogen-bond acceptors (Lipinski definition) is 5. The van der Waals surface area contributed by atoms with Gasteiger partial charge in [0.1, 0.15) is 18.3 Å². The second-order valence-electron chi connectivity index (χ2n) is 9.28. The van der Waals surface area contributed by atoms with E-state index in [1.165, 1.54) is 4.90 Å². The highest BCUT2D eigenvalue weighted by atomic mass is 32.2. The fourth-order valence-corrected chi connectivity index (χ4v) is 5.33. The van der Waals surface area contributed by atoms with Crippen LogP contribution in [-0.2, 0) is 26.2 Å². The number of anilines is 1. The Labute approximate surface area is 214 Å². The van der Waals surface area contributed by atoms with Crippen LogP contribution in [0.25, 0.3) is 0 Å². The number of aryl methyl sites for hydroxylation is 1. The molecular weight excluding hydrogens is 478 g/mol. The maximum Gasteiger partial charge on any atom is 0.244 e. The predicted molar refractivity (Wildman–Crippen MR) is 141 cm³/mol. The van der Waals surface area contributed by atoms with Crippen molar-refractivity contribution in [3.8, 4) is 5.75 Å². The number of sulfonamides is 1. The lowest BCUT2D eigenvalue weighted by Gasteiger charge is -2.32. The minimum Gasteiger partial charge on any atom is -0.492 e. The average molecular weight is 516 g/mol. The highest BCUT2D eigenvalue weighted by molar-refractivity contribution is 7.92. The normalized spacial score (nSPS) is 14.8. The molecule has 0 spiro atoms. The SMILES string of the molecule is CCOc1ccccc1N(CC(=O)N(Cc1ccccc1C)[C@@H](C)C(=O)NC1CCCC1)S(C)(=O)=O. The molecule has 9 heteroatoms. The van der Waals surface area contributed by atoms with Gasteiger partial charge in [0.2, 0.25) is 21.8 Å². The van der Waals surface area contributed by atoms with Gasteiger partial charge in [-0.2, -0.15) is 0 Å². The van der Waals surface area contributed by atoms with Gasteiger partial charge in [-0.05, 0) is 56.9 Å². The minimum atomic E-state index is -3.83. The summed E-state index contributed by atoms with van der Waals surface area (Å²) in [5, 5.41) is 3.07. The summed E-state index contributed by atoms with van der Waals surface area (Å²) in [6.45, 7) is 5.54. The monoisotopic (exact) mass is 515 g/mol. The van der Waals surface area contributed by atoms with Crippen molar-refractivity contribution in [3.63, 3.8) is 0 Å². The Morgan fingerprint density at radius 1 is 1.08 bits per heavy atom. The van der Waals surface area contributed by atoms with Gasteiger partial charge >= 0.3 is 0 Å². The molecule has 0 radical (unpaired) electrons. The molecule has 2 aromatic carbocycles. The molecule has 196 valence electrons. The average Bonchev–Trinajstić information content (AvgIpc) is 3.34. The van der Waals surface area contributed by atoms with Crippen molar-refractivity contribution in [2.24, 2.45) is 0 Å². The summed E-state index contributed by atoms with van der Waals surface area (Å²) >= 11 is 0. The standard InChI is InChI=1S/C27H37N3O5S/c1-5-35-25-17-11-10-16-24(25)30(36(4,33)34)19-26(31)29(18-22-13-7-6-12-20(22)2)21(3)27(32)28-23-14-8-9-15-23/h6-7,10-13,16-17,21,23H,5,8-9,14-15,18-19H2,1-4H3,(H,28,32)/t21-/m0/s1. The second-order valence-corrected chi connectivity index (χ2v) is 11.2. The molecule has 0 aliphatic heterocycles. The van der Waals surface area contributed by atoms with Crippen LogP contribution in [-0.4, -0.2) is 56.6 Å². The van der Waals surface area contributed by atoms with Crippen LogP contribution in [0.2, 0.25) is 0 Å². The fraction of sp³-hybridized carbons (Fsp3) is 0.481. The van der Waals surface area contributed by atoms with E-state index in [0.29, 0.717) is 12.4 Å². The molecule has 0 aromatic heterocycles. The Bertz CT molecular complexity index is 1160. The summed E-state index contributed by atoms with van der Waals surface area (Å²) in [6.07, 6.45) is 5.08. The first-order valence-electron chi connectivity index (χ1n) is 12.5. The maximum atomic E-state index is 13.7. The third-order valence-electron chi connectivity index (χ3n) is 6.58. The number of carbonyl (C=O) groups excluding carboxylic acids is 2. The summed E-state index contributed by atoms with van der Waals surface area (Å²) in [6, 6.07) is 13.7. The molecule has 0 heterocycles. The fourth-order valence-electron chi connectivity index (χ4n) is 4.48. The van der Waals surface area contributed by atoms with Crippen LogP contribution in [0.4, 0.5) is 5.69 Å². The highest BCUT2D eigenvalue weighted by Crippen LogP contribution is 2.30. The molecule has 8 nitrogen and oxygen atoms in total. The number of ether oxygens (including phenoxy) is 1. The molecule has 2 amide bonds. The molecular formula is C27H37N3O5S. The van der Waals surface area contributed by atoms with E-state index in [1.54, 1.807) is 38.1 Å². The van der Waals surface area contributed by atoms with Gasteiger partial charge in [0.25, 0.3) is 0 Å². The van der Waals surface area contributed by atoms with E-state index in [2.05, 4.69) is 5.32 Å². The van der Waals surface area contributed by atoms with E-state index in [-0.39, 0.29) is 24.2 Å². The van der Waals surface area contributed by atoms with Crippen LogP contribution in [0.5, 0.6) is 5.75 Å². The van der Waals surface area contributed by atoms with Gasteiger partial charge in [0.15, 0.2) is 0 Å². The molecule has 1 saturated carbocycles. The van der Waals surface area contributed by atoms with Gasteiger partial charge in [-0.25, -0.2) is 8.42 Å². The smallest absolute Gasteiger partial charge is 0.244 e. The molecule has 1 aliphatic rings. The van der Waals surface area contributed by atoms with Gasteiger partial charge in [-0.1, -0.05) is 49.2 Å². The third-order valence-corrected chi connectivity index (χ3v) is 7.71. The van der Waals surface area contributed by atoms with Crippen molar-refractivity contribution in [2.75, 3.05) is 23.7 Å². The highest BCUT2D eigenvalue weighted by Gasteiger charge is 2.32. The molecule has 1 aliphatic carbocycles. The van der Waals surface area contributed by atoms with Crippen LogP contribution in [0, 0.1) is 6.92 Å². The summed E-state index contributed by atoms with van der Waals surface area (Å²) < 4.78 is 32.3. The molecule has 0 saturated heterocycles. The topological polar surface area (TPSA) is 96.0 Å². The van der Waals surface area contributed by atoms with Crippen molar-refractivity contribution in [1.82, 2.24) is 10.2 Å².